The number of primary amides is 1. The summed E-state index contributed by atoms with van der Waals surface area (Å²) in [5.41, 5.74) is 8.65. The van der Waals surface area contributed by atoms with E-state index in [0.29, 0.717) is 28.5 Å². The normalized spacial score (nSPS) is 11.4. The lowest BCUT2D eigenvalue weighted by Gasteiger charge is -2.10. The lowest BCUT2D eigenvalue weighted by molar-refractivity contribution is 0.100. The summed E-state index contributed by atoms with van der Waals surface area (Å²) in [7, 11) is 1.60. The zero-order valence-corrected chi connectivity index (χ0v) is 15.1. The largest absolute Gasteiger partial charge is 0.380 e. The molecule has 28 heavy (non-hydrogen) atoms. The van der Waals surface area contributed by atoms with Gasteiger partial charge >= 0.3 is 0 Å². The molecule has 0 aliphatic heterocycles. The van der Waals surface area contributed by atoms with Gasteiger partial charge in [-0.05, 0) is 42.0 Å². The van der Waals surface area contributed by atoms with Crippen LogP contribution in [-0.2, 0) is 17.9 Å². The van der Waals surface area contributed by atoms with Gasteiger partial charge in [0.15, 0.2) is 0 Å². The van der Waals surface area contributed by atoms with Crippen LogP contribution in [0.2, 0.25) is 0 Å². The number of carbonyl (C=O) groups excluding carboxylic acids is 1. The summed E-state index contributed by atoms with van der Waals surface area (Å²) < 4.78 is 34.7. The van der Waals surface area contributed by atoms with Gasteiger partial charge in [0.05, 0.1) is 24.2 Å². The Hall–Kier alpha value is -3.25. The zero-order valence-electron chi connectivity index (χ0n) is 15.1. The highest BCUT2D eigenvalue weighted by Crippen LogP contribution is 2.33. The second kappa shape index (κ2) is 7.05. The number of ether oxygens (including phenoxy) is 1. The molecule has 0 aliphatic rings. The molecule has 0 atom stereocenters. The van der Waals surface area contributed by atoms with Crippen LogP contribution in [0.15, 0.2) is 48.5 Å². The summed E-state index contributed by atoms with van der Waals surface area (Å²) >= 11 is 0. The number of hydrogen-bond donors (Lipinski definition) is 1. The van der Waals surface area contributed by atoms with E-state index in [1.165, 1.54) is 12.1 Å². The number of aromatic nitrogens is 1. The SMILES string of the molecule is COCc1c[c]c2c3c(C(N)=O)cccc3n(Cc3ccc(F)cc3F)c2c1. The highest BCUT2D eigenvalue weighted by atomic mass is 19.1. The van der Waals surface area contributed by atoms with Crippen LogP contribution >= 0.6 is 0 Å². The van der Waals surface area contributed by atoms with Gasteiger partial charge in [0.1, 0.15) is 11.6 Å². The standard InChI is InChI=1S/C22H17F2N2O2/c1-28-12-13-5-8-16-20(9-13)26(11-14-6-7-15(23)10-18(14)24)19-4-2-3-17(21(16)19)22(25)27/h2-7,9-10H,11-12H2,1H3,(H2,25,27). The van der Waals surface area contributed by atoms with E-state index in [1.54, 1.807) is 25.3 Å². The van der Waals surface area contributed by atoms with E-state index in [1.807, 2.05) is 16.7 Å². The highest BCUT2D eigenvalue weighted by Gasteiger charge is 2.18. The lowest BCUT2D eigenvalue weighted by Crippen LogP contribution is -2.11. The molecule has 0 saturated carbocycles. The van der Waals surface area contributed by atoms with E-state index in [9.17, 15) is 13.6 Å². The van der Waals surface area contributed by atoms with Crippen molar-refractivity contribution in [1.29, 1.82) is 0 Å². The third-order valence-electron chi connectivity index (χ3n) is 4.77. The Morgan fingerprint density at radius 3 is 2.71 bits per heavy atom. The fourth-order valence-electron chi connectivity index (χ4n) is 3.54. The summed E-state index contributed by atoms with van der Waals surface area (Å²) in [6.07, 6.45) is 0. The molecule has 4 aromatic rings. The average molecular weight is 379 g/mol. The summed E-state index contributed by atoms with van der Waals surface area (Å²) in [6.45, 7) is 0.556. The van der Waals surface area contributed by atoms with Gasteiger partial charge in [-0.25, -0.2) is 8.78 Å². The maximum absolute atomic E-state index is 14.3. The van der Waals surface area contributed by atoms with Crippen LogP contribution in [0.5, 0.6) is 0 Å². The van der Waals surface area contributed by atoms with E-state index in [0.717, 1.165) is 22.7 Å². The molecule has 4 nitrogen and oxygen atoms in total. The first-order valence-corrected chi connectivity index (χ1v) is 8.67. The number of methoxy groups -OCH3 is 1. The minimum atomic E-state index is -0.629. The number of nitrogens with zero attached hydrogens (tertiary/aromatic N) is 1. The molecule has 1 heterocycles. The quantitative estimate of drug-likeness (QED) is 0.566. The number of rotatable bonds is 5. The van der Waals surface area contributed by atoms with Crippen molar-refractivity contribution in [2.75, 3.05) is 7.11 Å². The van der Waals surface area contributed by atoms with Gasteiger partial charge in [0, 0.05) is 35.1 Å². The zero-order chi connectivity index (χ0) is 19.8. The molecule has 1 amide bonds. The summed E-state index contributed by atoms with van der Waals surface area (Å²) in [4.78, 5) is 12.0. The van der Waals surface area contributed by atoms with Gasteiger partial charge in [0.2, 0.25) is 5.91 Å². The van der Waals surface area contributed by atoms with Gasteiger partial charge in [-0.3, -0.25) is 4.79 Å². The van der Waals surface area contributed by atoms with Crippen molar-refractivity contribution in [3.63, 3.8) is 0 Å². The molecule has 1 aromatic heterocycles. The van der Waals surface area contributed by atoms with Crippen molar-refractivity contribution in [1.82, 2.24) is 4.57 Å². The van der Waals surface area contributed by atoms with Gasteiger partial charge in [0.25, 0.3) is 0 Å². The van der Waals surface area contributed by atoms with Gasteiger partial charge in [-0.2, -0.15) is 0 Å². The Bertz CT molecular complexity index is 1210. The van der Waals surface area contributed by atoms with Crippen LogP contribution in [0.25, 0.3) is 21.8 Å². The van der Waals surface area contributed by atoms with Crippen LogP contribution in [0, 0.1) is 17.7 Å². The van der Waals surface area contributed by atoms with E-state index in [-0.39, 0.29) is 6.54 Å². The second-order valence-electron chi connectivity index (χ2n) is 6.59. The van der Waals surface area contributed by atoms with Crippen molar-refractivity contribution in [2.24, 2.45) is 5.73 Å². The Morgan fingerprint density at radius 2 is 2.00 bits per heavy atom. The topological polar surface area (TPSA) is 57.2 Å². The maximum atomic E-state index is 14.3. The molecule has 141 valence electrons. The third-order valence-corrected chi connectivity index (χ3v) is 4.77. The third kappa shape index (κ3) is 3.01. The first-order valence-electron chi connectivity index (χ1n) is 8.67. The van der Waals surface area contributed by atoms with Gasteiger partial charge in [-0.1, -0.05) is 12.1 Å². The van der Waals surface area contributed by atoms with Crippen molar-refractivity contribution in [3.05, 3.63) is 82.9 Å². The van der Waals surface area contributed by atoms with E-state index in [2.05, 4.69) is 6.07 Å². The number of halogens is 2. The van der Waals surface area contributed by atoms with Gasteiger partial charge < -0.3 is 15.0 Å². The number of benzene rings is 3. The Kier molecular flexibility index (Phi) is 4.57. The second-order valence-corrected chi connectivity index (χ2v) is 6.59. The molecule has 0 unspecified atom stereocenters. The van der Waals surface area contributed by atoms with E-state index < -0.39 is 17.5 Å². The molecule has 1 radical (unpaired) electrons. The maximum Gasteiger partial charge on any atom is 0.249 e. The van der Waals surface area contributed by atoms with E-state index >= 15 is 0 Å². The number of nitrogens with two attached hydrogens (primary N) is 1. The van der Waals surface area contributed by atoms with Crippen molar-refractivity contribution in [3.8, 4) is 0 Å². The van der Waals surface area contributed by atoms with Crippen molar-refractivity contribution >= 4 is 27.7 Å². The molecule has 4 rings (SSSR count). The molecule has 0 aliphatic carbocycles. The monoisotopic (exact) mass is 379 g/mol. The summed E-state index contributed by atoms with van der Waals surface area (Å²) in [5.74, 6) is -1.81. The molecule has 6 heteroatoms. The minimum Gasteiger partial charge on any atom is -0.380 e. The molecular formula is C22H17F2N2O2. The van der Waals surface area contributed by atoms with Gasteiger partial charge in [-0.15, -0.1) is 0 Å². The van der Waals surface area contributed by atoms with E-state index in [4.69, 9.17) is 10.5 Å². The smallest absolute Gasteiger partial charge is 0.249 e. The molecule has 2 N–H and O–H groups in total. The molecule has 0 saturated heterocycles. The lowest BCUT2D eigenvalue weighted by atomic mass is 10.0. The molecule has 0 fully saturated rings. The van der Waals surface area contributed by atoms with Crippen LogP contribution < -0.4 is 5.73 Å². The fraction of sp³-hybridized carbons (Fsp3) is 0.136. The summed E-state index contributed by atoms with van der Waals surface area (Å²) in [6, 6.07) is 15.7. The first-order chi connectivity index (χ1) is 13.5. The molecular weight excluding hydrogens is 362 g/mol. The Morgan fingerprint density at radius 1 is 1.18 bits per heavy atom. The first kappa shape index (κ1) is 18.1. The predicted molar refractivity (Wildman–Crippen MR) is 103 cm³/mol. The fourth-order valence-corrected chi connectivity index (χ4v) is 3.54. The van der Waals surface area contributed by atoms with Crippen LogP contribution in [0.4, 0.5) is 8.78 Å². The number of hydrogen-bond acceptors (Lipinski definition) is 2. The molecule has 3 aromatic carbocycles. The van der Waals surface area contributed by atoms with Crippen LogP contribution in [0.1, 0.15) is 21.5 Å². The number of amides is 1. The minimum absolute atomic E-state index is 0.165. The number of carbonyl (C=O) groups is 1. The number of fused-ring (bicyclic) bond motifs is 3. The van der Waals surface area contributed by atoms with Crippen LogP contribution in [-0.4, -0.2) is 17.6 Å². The van der Waals surface area contributed by atoms with Crippen molar-refractivity contribution in [2.45, 2.75) is 13.2 Å². The predicted octanol–water partition coefficient (Wildman–Crippen LogP) is 4.17. The Labute approximate surface area is 160 Å². The average Bonchev–Trinajstić information content (AvgIpc) is 2.97. The van der Waals surface area contributed by atoms with Crippen molar-refractivity contribution < 1.29 is 18.3 Å². The Balaban J connectivity index is 2.02. The molecule has 0 spiro atoms. The summed E-state index contributed by atoms with van der Waals surface area (Å²) in [5, 5.41) is 1.38. The highest BCUT2D eigenvalue weighted by molar-refractivity contribution is 6.17. The van der Waals surface area contributed by atoms with Crippen LogP contribution in [0.3, 0.4) is 0 Å². The molecule has 0 bridgehead atoms.